The normalized spacial score (nSPS) is 17.8. The number of thioether (sulfide) groups is 1. The van der Waals surface area contributed by atoms with E-state index in [-0.39, 0.29) is 5.91 Å². The minimum Gasteiger partial charge on any atom is -0.496 e. The molecule has 0 spiro atoms. The van der Waals surface area contributed by atoms with Gasteiger partial charge < -0.3 is 4.74 Å². The Morgan fingerprint density at radius 2 is 1.83 bits per heavy atom. The number of hydrogen-bond acceptors (Lipinski definition) is 4. The highest BCUT2D eigenvalue weighted by Crippen LogP contribution is 2.35. The van der Waals surface area contributed by atoms with Gasteiger partial charge in [-0.25, -0.2) is 4.99 Å². The lowest BCUT2D eigenvalue weighted by molar-refractivity contribution is -0.122. The molecule has 2 aromatic rings. The molecule has 0 atom stereocenters. The van der Waals surface area contributed by atoms with Crippen molar-refractivity contribution in [1.29, 1.82) is 0 Å². The predicted molar refractivity (Wildman–Crippen MR) is 99.5 cm³/mol. The van der Waals surface area contributed by atoms with E-state index >= 15 is 0 Å². The molecular weight excluding hydrogens is 320 g/mol. The Balaban J connectivity index is 1.95. The second-order valence-electron chi connectivity index (χ2n) is 5.13. The number of methoxy groups -OCH3 is 1. The first-order valence-corrected chi connectivity index (χ1v) is 8.52. The van der Waals surface area contributed by atoms with Crippen molar-refractivity contribution in [2.75, 3.05) is 13.7 Å². The Morgan fingerprint density at radius 3 is 2.54 bits per heavy atom. The maximum absolute atomic E-state index is 12.7. The van der Waals surface area contributed by atoms with Gasteiger partial charge in [0.15, 0.2) is 5.17 Å². The van der Waals surface area contributed by atoms with Crippen molar-refractivity contribution < 1.29 is 9.53 Å². The third-order valence-electron chi connectivity index (χ3n) is 3.61. The Bertz CT molecular complexity index is 800. The van der Waals surface area contributed by atoms with Crippen LogP contribution in [0.2, 0.25) is 0 Å². The summed E-state index contributed by atoms with van der Waals surface area (Å²) in [4.78, 5) is 19.6. The lowest BCUT2D eigenvalue weighted by Gasteiger charge is -2.11. The monoisotopic (exact) mass is 338 g/mol. The molecule has 0 aromatic heterocycles. The minimum atomic E-state index is -0.0249. The van der Waals surface area contributed by atoms with Crippen molar-refractivity contribution in [3.63, 3.8) is 0 Å². The molecule has 24 heavy (non-hydrogen) atoms. The summed E-state index contributed by atoms with van der Waals surface area (Å²) < 4.78 is 5.36. The van der Waals surface area contributed by atoms with E-state index in [0.29, 0.717) is 16.6 Å². The maximum atomic E-state index is 12.7. The zero-order chi connectivity index (χ0) is 16.9. The number of ether oxygens (including phenoxy) is 1. The van der Waals surface area contributed by atoms with E-state index in [1.54, 1.807) is 12.0 Å². The molecule has 1 fully saturated rings. The molecule has 2 aromatic carbocycles. The fraction of sp³-hybridized carbons (Fsp3) is 0.158. The van der Waals surface area contributed by atoms with E-state index in [2.05, 4.69) is 4.99 Å². The van der Waals surface area contributed by atoms with Gasteiger partial charge in [-0.1, -0.05) is 36.4 Å². The van der Waals surface area contributed by atoms with E-state index in [4.69, 9.17) is 4.74 Å². The maximum Gasteiger partial charge on any atom is 0.266 e. The Hall–Kier alpha value is -2.53. The average Bonchev–Trinajstić information content (AvgIpc) is 2.91. The molecule has 1 heterocycles. The number of aliphatic imine (C=N–C) groups is 1. The standard InChI is InChI=1S/C19H18N2O2S/c1-3-21-18(22)17(13-14-9-7-8-12-16(14)23-2)24-19(21)20-15-10-5-4-6-11-15/h4-13H,3H2,1-2H3/b17-13-,20-19?. The van der Waals surface area contributed by atoms with Gasteiger partial charge in [-0.2, -0.15) is 0 Å². The van der Waals surface area contributed by atoms with Crippen LogP contribution in [0, 0.1) is 0 Å². The van der Waals surface area contributed by atoms with Crippen LogP contribution < -0.4 is 4.74 Å². The summed E-state index contributed by atoms with van der Waals surface area (Å²) in [5, 5.41) is 0.704. The molecular formula is C19H18N2O2S. The van der Waals surface area contributed by atoms with E-state index in [9.17, 15) is 4.79 Å². The predicted octanol–water partition coefficient (Wildman–Crippen LogP) is 4.32. The van der Waals surface area contributed by atoms with E-state index < -0.39 is 0 Å². The second kappa shape index (κ2) is 7.36. The highest BCUT2D eigenvalue weighted by Gasteiger charge is 2.32. The quantitative estimate of drug-likeness (QED) is 0.780. The summed E-state index contributed by atoms with van der Waals surface area (Å²) in [6, 6.07) is 17.3. The van der Waals surface area contributed by atoms with Crippen LogP contribution in [-0.4, -0.2) is 29.6 Å². The lowest BCUT2D eigenvalue weighted by atomic mass is 10.2. The second-order valence-corrected chi connectivity index (χ2v) is 6.14. The van der Waals surface area contributed by atoms with Crippen molar-refractivity contribution in [2.24, 2.45) is 4.99 Å². The van der Waals surface area contributed by atoms with Crippen LogP contribution in [0.4, 0.5) is 5.69 Å². The molecule has 1 aliphatic heterocycles. The van der Waals surface area contributed by atoms with Crippen LogP contribution >= 0.6 is 11.8 Å². The van der Waals surface area contributed by atoms with E-state index in [1.807, 2.05) is 67.6 Å². The van der Waals surface area contributed by atoms with E-state index in [0.717, 1.165) is 17.0 Å². The van der Waals surface area contributed by atoms with Gasteiger partial charge in [0.2, 0.25) is 0 Å². The molecule has 5 heteroatoms. The molecule has 3 rings (SSSR count). The summed E-state index contributed by atoms with van der Waals surface area (Å²) in [5.74, 6) is 0.720. The summed E-state index contributed by atoms with van der Waals surface area (Å²) in [7, 11) is 1.63. The topological polar surface area (TPSA) is 41.9 Å². The Morgan fingerprint density at radius 1 is 1.12 bits per heavy atom. The molecule has 1 saturated heterocycles. The Labute approximate surface area is 145 Å². The third kappa shape index (κ3) is 3.36. The summed E-state index contributed by atoms with van der Waals surface area (Å²) in [5.41, 5.74) is 1.72. The number of hydrogen-bond donors (Lipinski definition) is 0. The number of rotatable bonds is 4. The van der Waals surface area contributed by atoms with E-state index in [1.165, 1.54) is 11.8 Å². The molecule has 0 bridgehead atoms. The number of para-hydroxylation sites is 2. The van der Waals surface area contributed by atoms with Crippen LogP contribution in [0.15, 0.2) is 64.5 Å². The average molecular weight is 338 g/mol. The van der Waals surface area contributed by atoms with Gasteiger partial charge >= 0.3 is 0 Å². The van der Waals surface area contributed by atoms with Crippen LogP contribution in [0.3, 0.4) is 0 Å². The van der Waals surface area contributed by atoms with Crippen LogP contribution in [0.5, 0.6) is 5.75 Å². The smallest absolute Gasteiger partial charge is 0.266 e. The highest BCUT2D eigenvalue weighted by atomic mass is 32.2. The zero-order valence-corrected chi connectivity index (χ0v) is 14.4. The van der Waals surface area contributed by atoms with Gasteiger partial charge in [0.25, 0.3) is 5.91 Å². The number of benzene rings is 2. The van der Waals surface area contributed by atoms with Crippen LogP contribution in [0.25, 0.3) is 6.08 Å². The first kappa shape index (κ1) is 16.3. The van der Waals surface area contributed by atoms with Crippen molar-refractivity contribution in [2.45, 2.75) is 6.92 Å². The summed E-state index contributed by atoms with van der Waals surface area (Å²) in [6.07, 6.45) is 1.86. The number of carbonyl (C=O) groups excluding carboxylic acids is 1. The molecule has 4 nitrogen and oxygen atoms in total. The lowest BCUT2D eigenvalue weighted by Crippen LogP contribution is -2.28. The largest absolute Gasteiger partial charge is 0.496 e. The Kier molecular flexibility index (Phi) is 5.01. The fourth-order valence-corrected chi connectivity index (χ4v) is 3.46. The van der Waals surface area contributed by atoms with Gasteiger partial charge in [-0.3, -0.25) is 9.69 Å². The van der Waals surface area contributed by atoms with Crippen molar-refractivity contribution in [3.05, 3.63) is 65.1 Å². The molecule has 0 unspecified atom stereocenters. The fourth-order valence-electron chi connectivity index (χ4n) is 2.41. The first-order valence-electron chi connectivity index (χ1n) is 7.71. The zero-order valence-electron chi connectivity index (χ0n) is 13.6. The third-order valence-corrected chi connectivity index (χ3v) is 4.62. The van der Waals surface area contributed by atoms with Crippen molar-refractivity contribution >= 4 is 34.6 Å². The molecule has 0 radical (unpaired) electrons. The number of amides is 1. The molecule has 1 amide bonds. The number of nitrogens with zero attached hydrogens (tertiary/aromatic N) is 2. The molecule has 1 aliphatic rings. The highest BCUT2D eigenvalue weighted by molar-refractivity contribution is 8.18. The number of amidine groups is 1. The summed E-state index contributed by atoms with van der Waals surface area (Å²) >= 11 is 1.39. The molecule has 0 N–H and O–H groups in total. The van der Waals surface area contributed by atoms with Gasteiger partial charge in [-0.05, 0) is 43.0 Å². The molecule has 122 valence electrons. The van der Waals surface area contributed by atoms with Gasteiger partial charge in [0.1, 0.15) is 5.75 Å². The number of carbonyl (C=O) groups is 1. The molecule has 0 saturated carbocycles. The number of likely N-dealkylation sites (N-methyl/N-ethyl adjacent to an activating group) is 1. The summed E-state index contributed by atoms with van der Waals surface area (Å²) in [6.45, 7) is 2.53. The van der Waals surface area contributed by atoms with Crippen molar-refractivity contribution in [3.8, 4) is 5.75 Å². The van der Waals surface area contributed by atoms with Gasteiger partial charge in [-0.15, -0.1) is 0 Å². The molecule has 0 aliphatic carbocycles. The first-order chi connectivity index (χ1) is 11.7. The van der Waals surface area contributed by atoms with Gasteiger partial charge in [0.05, 0.1) is 17.7 Å². The van der Waals surface area contributed by atoms with Crippen molar-refractivity contribution in [1.82, 2.24) is 4.90 Å². The SMILES string of the molecule is CCN1C(=O)/C(=C/c2ccccc2OC)SC1=Nc1ccccc1. The van der Waals surface area contributed by atoms with Crippen LogP contribution in [-0.2, 0) is 4.79 Å². The van der Waals surface area contributed by atoms with Crippen LogP contribution in [0.1, 0.15) is 12.5 Å². The minimum absolute atomic E-state index is 0.0249. The van der Waals surface area contributed by atoms with Gasteiger partial charge in [0, 0.05) is 12.1 Å².